The molecule has 0 unspecified atom stereocenters. The number of hydrogen-bond donors (Lipinski definition) is 1. The van der Waals surface area contributed by atoms with E-state index in [1.165, 1.54) is 0 Å². The fraction of sp³-hybridized carbons (Fsp3) is 0.391. The second-order valence-electron chi connectivity index (χ2n) is 7.81. The molecule has 1 N–H and O–H groups in total. The highest BCUT2D eigenvalue weighted by molar-refractivity contribution is 5.95. The molecule has 1 aliphatic heterocycles. The molecule has 0 radical (unpaired) electrons. The van der Waals surface area contributed by atoms with E-state index in [0.717, 1.165) is 29.7 Å². The summed E-state index contributed by atoms with van der Waals surface area (Å²) in [6, 6.07) is 15.7. The van der Waals surface area contributed by atoms with Crippen molar-refractivity contribution in [1.82, 2.24) is 10.2 Å². The Kier molecular flexibility index (Phi) is 5.07. The van der Waals surface area contributed by atoms with E-state index in [1.807, 2.05) is 55.5 Å². The standard InChI is InChI=1S/C23H26N2O3/c1-15-7-9-16(10-8-15)23(27)25-13-19(18-5-3-4-6-21(18)28-2)20(14-25)22(26)24-17-11-12-17/h3-10,17,19-20H,11-14H2,1-2H3,(H,24,26)/t19-,20-/m0/s1. The molecule has 0 spiro atoms. The summed E-state index contributed by atoms with van der Waals surface area (Å²) in [4.78, 5) is 27.8. The first kappa shape index (κ1) is 18.5. The number of nitrogens with one attached hydrogen (secondary N) is 1. The topological polar surface area (TPSA) is 58.6 Å². The van der Waals surface area contributed by atoms with Gasteiger partial charge in [0.1, 0.15) is 5.75 Å². The Bertz CT molecular complexity index is 874. The summed E-state index contributed by atoms with van der Waals surface area (Å²) in [5.41, 5.74) is 2.76. The smallest absolute Gasteiger partial charge is 0.253 e. The molecule has 4 rings (SSSR count). The van der Waals surface area contributed by atoms with Gasteiger partial charge in [0, 0.05) is 30.6 Å². The number of carbonyl (C=O) groups excluding carboxylic acids is 2. The Morgan fingerprint density at radius 1 is 1.04 bits per heavy atom. The van der Waals surface area contributed by atoms with Gasteiger partial charge in [-0.3, -0.25) is 9.59 Å². The van der Waals surface area contributed by atoms with Gasteiger partial charge < -0.3 is 15.0 Å². The number of likely N-dealkylation sites (tertiary alicyclic amines) is 1. The number of methoxy groups -OCH3 is 1. The fourth-order valence-corrected chi connectivity index (χ4v) is 3.94. The van der Waals surface area contributed by atoms with Gasteiger partial charge in [-0.15, -0.1) is 0 Å². The molecule has 5 heteroatoms. The van der Waals surface area contributed by atoms with Crippen LogP contribution in [0.25, 0.3) is 0 Å². The monoisotopic (exact) mass is 378 g/mol. The molecule has 1 saturated heterocycles. The predicted molar refractivity (Wildman–Crippen MR) is 107 cm³/mol. The number of ether oxygens (including phenoxy) is 1. The molecule has 0 aromatic heterocycles. The van der Waals surface area contributed by atoms with Gasteiger partial charge in [0.15, 0.2) is 0 Å². The van der Waals surface area contributed by atoms with Crippen LogP contribution in [0.2, 0.25) is 0 Å². The minimum absolute atomic E-state index is 0.0263. The van der Waals surface area contributed by atoms with Crippen LogP contribution in [0.3, 0.4) is 0 Å². The van der Waals surface area contributed by atoms with Gasteiger partial charge in [0.05, 0.1) is 13.0 Å². The van der Waals surface area contributed by atoms with Crippen LogP contribution < -0.4 is 10.1 Å². The van der Waals surface area contributed by atoms with Gasteiger partial charge in [0.25, 0.3) is 5.91 Å². The van der Waals surface area contributed by atoms with E-state index in [1.54, 1.807) is 12.0 Å². The average molecular weight is 378 g/mol. The molecular formula is C23H26N2O3. The molecule has 0 bridgehead atoms. The highest BCUT2D eigenvalue weighted by atomic mass is 16.5. The molecule has 2 aromatic rings. The summed E-state index contributed by atoms with van der Waals surface area (Å²) in [5, 5.41) is 3.12. The Labute approximate surface area is 165 Å². The second kappa shape index (κ2) is 7.66. The number of benzene rings is 2. The summed E-state index contributed by atoms with van der Waals surface area (Å²) >= 11 is 0. The quantitative estimate of drug-likeness (QED) is 0.870. The molecule has 2 aromatic carbocycles. The molecule has 1 saturated carbocycles. The van der Waals surface area contributed by atoms with Crippen LogP contribution >= 0.6 is 0 Å². The molecule has 5 nitrogen and oxygen atoms in total. The normalized spacial score (nSPS) is 21.4. The maximum atomic E-state index is 13.1. The van der Waals surface area contributed by atoms with Gasteiger partial charge in [-0.2, -0.15) is 0 Å². The van der Waals surface area contributed by atoms with E-state index in [2.05, 4.69) is 5.32 Å². The number of carbonyl (C=O) groups is 2. The van der Waals surface area contributed by atoms with Gasteiger partial charge >= 0.3 is 0 Å². The Morgan fingerprint density at radius 3 is 2.43 bits per heavy atom. The summed E-state index contributed by atoms with van der Waals surface area (Å²) < 4.78 is 5.54. The molecule has 1 aliphatic carbocycles. The first-order valence-corrected chi connectivity index (χ1v) is 9.86. The van der Waals surface area contributed by atoms with E-state index in [4.69, 9.17) is 4.74 Å². The lowest BCUT2D eigenvalue weighted by atomic mass is 9.87. The summed E-state index contributed by atoms with van der Waals surface area (Å²) in [5.74, 6) is 0.427. The van der Waals surface area contributed by atoms with Gasteiger partial charge in [-0.1, -0.05) is 35.9 Å². The predicted octanol–water partition coefficient (Wildman–Crippen LogP) is 3.14. The van der Waals surface area contributed by atoms with Crippen molar-refractivity contribution in [3.8, 4) is 5.75 Å². The maximum Gasteiger partial charge on any atom is 0.253 e. The van der Waals surface area contributed by atoms with E-state index >= 15 is 0 Å². The van der Waals surface area contributed by atoms with Crippen molar-refractivity contribution in [3.63, 3.8) is 0 Å². The second-order valence-corrected chi connectivity index (χ2v) is 7.81. The zero-order chi connectivity index (χ0) is 19.7. The van der Waals surface area contributed by atoms with Crippen LogP contribution in [0.1, 0.15) is 40.2 Å². The van der Waals surface area contributed by atoms with Crippen molar-refractivity contribution < 1.29 is 14.3 Å². The van der Waals surface area contributed by atoms with Crippen molar-refractivity contribution in [3.05, 3.63) is 65.2 Å². The number of para-hydroxylation sites is 1. The molecular weight excluding hydrogens is 352 g/mol. The average Bonchev–Trinajstić information content (AvgIpc) is 3.41. The van der Waals surface area contributed by atoms with Crippen LogP contribution in [0.15, 0.2) is 48.5 Å². The highest BCUT2D eigenvalue weighted by Gasteiger charge is 2.42. The lowest BCUT2D eigenvalue weighted by Gasteiger charge is -2.20. The number of hydrogen-bond acceptors (Lipinski definition) is 3. The van der Waals surface area contributed by atoms with Crippen molar-refractivity contribution in [2.24, 2.45) is 5.92 Å². The minimum Gasteiger partial charge on any atom is -0.496 e. The number of nitrogens with zero attached hydrogens (tertiary/aromatic N) is 1. The van der Waals surface area contributed by atoms with Crippen LogP contribution in [0.5, 0.6) is 5.75 Å². The van der Waals surface area contributed by atoms with E-state index in [0.29, 0.717) is 24.7 Å². The lowest BCUT2D eigenvalue weighted by molar-refractivity contribution is -0.125. The van der Waals surface area contributed by atoms with Crippen LogP contribution in [-0.4, -0.2) is 43.0 Å². The van der Waals surface area contributed by atoms with Crippen molar-refractivity contribution in [2.75, 3.05) is 20.2 Å². The zero-order valence-corrected chi connectivity index (χ0v) is 16.4. The lowest BCUT2D eigenvalue weighted by Crippen LogP contribution is -2.36. The molecule has 2 aliphatic rings. The van der Waals surface area contributed by atoms with Crippen molar-refractivity contribution in [1.29, 1.82) is 0 Å². The SMILES string of the molecule is COc1ccccc1[C@@H]1CN(C(=O)c2ccc(C)cc2)C[C@@H]1C(=O)NC1CC1. The third kappa shape index (κ3) is 3.75. The molecule has 146 valence electrons. The molecule has 2 amide bonds. The number of rotatable bonds is 5. The minimum atomic E-state index is -0.272. The largest absolute Gasteiger partial charge is 0.496 e. The van der Waals surface area contributed by atoms with Gasteiger partial charge in [-0.05, 0) is 43.5 Å². The Morgan fingerprint density at radius 2 is 1.75 bits per heavy atom. The summed E-state index contributed by atoms with van der Waals surface area (Å²) in [6.45, 7) is 2.93. The number of amides is 2. The highest BCUT2D eigenvalue weighted by Crippen LogP contribution is 2.38. The van der Waals surface area contributed by atoms with Gasteiger partial charge in [-0.25, -0.2) is 0 Å². The van der Waals surface area contributed by atoms with E-state index in [9.17, 15) is 9.59 Å². The van der Waals surface area contributed by atoms with Gasteiger partial charge in [0.2, 0.25) is 5.91 Å². The van der Waals surface area contributed by atoms with Crippen molar-refractivity contribution >= 4 is 11.8 Å². The van der Waals surface area contributed by atoms with E-state index < -0.39 is 0 Å². The summed E-state index contributed by atoms with van der Waals surface area (Å²) in [7, 11) is 1.64. The zero-order valence-electron chi connectivity index (χ0n) is 16.4. The van der Waals surface area contributed by atoms with Crippen molar-refractivity contribution in [2.45, 2.75) is 31.7 Å². The molecule has 28 heavy (non-hydrogen) atoms. The summed E-state index contributed by atoms with van der Waals surface area (Å²) in [6.07, 6.45) is 2.09. The van der Waals surface area contributed by atoms with Crippen LogP contribution in [0.4, 0.5) is 0 Å². The third-order valence-corrected chi connectivity index (χ3v) is 5.70. The van der Waals surface area contributed by atoms with Crippen LogP contribution in [-0.2, 0) is 4.79 Å². The maximum absolute atomic E-state index is 13.1. The Balaban J connectivity index is 1.61. The first-order valence-electron chi connectivity index (χ1n) is 9.86. The Hall–Kier alpha value is -2.82. The van der Waals surface area contributed by atoms with E-state index in [-0.39, 0.29) is 23.7 Å². The third-order valence-electron chi connectivity index (χ3n) is 5.70. The molecule has 2 fully saturated rings. The molecule has 2 atom stereocenters. The molecule has 1 heterocycles. The van der Waals surface area contributed by atoms with Crippen LogP contribution in [0, 0.1) is 12.8 Å². The number of aryl methyl sites for hydroxylation is 1. The fourth-order valence-electron chi connectivity index (χ4n) is 3.94. The first-order chi connectivity index (χ1) is 13.6.